The first-order chi connectivity index (χ1) is 11.9. The van der Waals surface area contributed by atoms with Gasteiger partial charge in [-0.05, 0) is 52.2 Å². The summed E-state index contributed by atoms with van der Waals surface area (Å²) < 4.78 is 6.45. The maximum absolute atomic E-state index is 6.41. The van der Waals surface area contributed by atoms with Crippen molar-refractivity contribution in [3.05, 3.63) is 60.2 Å². The van der Waals surface area contributed by atoms with Gasteiger partial charge in [0.05, 0.1) is 22.3 Å². The maximum atomic E-state index is 6.41. The zero-order chi connectivity index (χ0) is 17.8. The van der Waals surface area contributed by atoms with E-state index in [9.17, 15) is 0 Å². The Morgan fingerprint density at radius 3 is 1.68 bits per heavy atom. The fourth-order valence-corrected chi connectivity index (χ4v) is 7.59. The topological polar surface area (TPSA) is 37.8 Å². The van der Waals surface area contributed by atoms with Crippen molar-refractivity contribution in [2.45, 2.75) is 13.8 Å². The predicted octanol–water partition coefficient (Wildman–Crippen LogP) is 2.51. The molecule has 0 fully saturated rings. The molecule has 0 saturated heterocycles. The lowest BCUT2D eigenvalue weighted by Gasteiger charge is -2.29. The average molecular weight is 369 g/mol. The van der Waals surface area contributed by atoms with E-state index in [0.29, 0.717) is 0 Å². The molecule has 4 aromatic rings. The van der Waals surface area contributed by atoms with E-state index in [1.807, 2.05) is 62.6 Å². The molecule has 0 aliphatic carbocycles. The summed E-state index contributed by atoms with van der Waals surface area (Å²) in [6.45, 7) is 4.09. The van der Waals surface area contributed by atoms with E-state index < -0.39 is 6.19 Å². The Kier molecular flexibility index (Phi) is 3.80. The molecule has 4 aromatic heterocycles. The summed E-state index contributed by atoms with van der Waals surface area (Å²) in [4.78, 5) is 9.50. The minimum atomic E-state index is -2.30. The smallest absolute Gasteiger partial charge is 0.137 e. The molecule has 25 heavy (non-hydrogen) atoms. The van der Waals surface area contributed by atoms with Gasteiger partial charge in [0.1, 0.15) is 17.5 Å². The van der Waals surface area contributed by atoms with Gasteiger partial charge in [-0.2, -0.15) is 0 Å². The van der Waals surface area contributed by atoms with Gasteiger partial charge >= 0.3 is 0 Å². The number of imidazole rings is 2. The summed E-state index contributed by atoms with van der Waals surface area (Å²) in [5, 5.41) is 0. The molecular weight excluding hydrogens is 349 g/mol. The van der Waals surface area contributed by atoms with Crippen LogP contribution in [0.15, 0.2) is 48.8 Å². The summed E-state index contributed by atoms with van der Waals surface area (Å²) >= 11 is 6.41. The number of rotatable bonds is 3. The lowest BCUT2D eigenvalue weighted by atomic mass is 10.5. The Labute approximate surface area is 152 Å². The minimum Gasteiger partial charge on any atom is -0.297 e. The monoisotopic (exact) mass is 369 g/mol. The van der Waals surface area contributed by atoms with Crippen molar-refractivity contribution in [2.24, 2.45) is 0 Å². The first-order valence-corrected chi connectivity index (χ1v) is 10.9. The fourth-order valence-electron chi connectivity index (χ4n) is 3.41. The van der Waals surface area contributed by atoms with Gasteiger partial charge in [0.2, 0.25) is 0 Å². The molecule has 0 N–H and O–H groups in total. The van der Waals surface area contributed by atoms with Crippen molar-refractivity contribution >= 4 is 40.2 Å². The van der Waals surface area contributed by atoms with Crippen LogP contribution < -0.4 is 10.9 Å². The fraction of sp³-hybridized carbons (Fsp3) is 0.222. The number of fused-ring (bicyclic) bond motifs is 2. The van der Waals surface area contributed by atoms with Crippen LogP contribution in [-0.4, -0.2) is 37.5 Å². The van der Waals surface area contributed by atoms with Gasteiger partial charge in [-0.15, -0.1) is 0 Å². The van der Waals surface area contributed by atoms with E-state index in [1.54, 1.807) is 0 Å². The van der Waals surface area contributed by atoms with E-state index in [2.05, 4.69) is 27.6 Å². The quantitative estimate of drug-likeness (QED) is 0.520. The van der Waals surface area contributed by atoms with Gasteiger partial charge in [0.15, 0.2) is 0 Å². The minimum absolute atomic E-state index is 0.928. The van der Waals surface area contributed by atoms with Crippen LogP contribution in [0.5, 0.6) is 0 Å². The van der Waals surface area contributed by atoms with Crippen molar-refractivity contribution in [3.8, 4) is 0 Å². The summed E-state index contributed by atoms with van der Waals surface area (Å²) in [7, 11) is 4.12. The maximum Gasteiger partial charge on any atom is 0.137 e. The number of aryl methyl sites for hydroxylation is 2. The predicted molar refractivity (Wildman–Crippen MR) is 107 cm³/mol. The second kappa shape index (κ2) is 5.77. The first-order valence-electron chi connectivity index (χ1n) is 8.11. The molecule has 128 valence electrons. The lowest BCUT2D eigenvalue weighted by Crippen LogP contribution is -2.33. The Bertz CT molecular complexity index is 1060. The molecule has 4 heterocycles. The molecule has 0 aliphatic heterocycles. The van der Waals surface area contributed by atoms with Crippen molar-refractivity contribution in [3.63, 3.8) is 0 Å². The number of nitrogens with zero attached hydrogens (tertiary/aromatic N) is 5. The summed E-state index contributed by atoms with van der Waals surface area (Å²) in [5.74, 6) is 0. The van der Waals surface area contributed by atoms with Crippen LogP contribution in [0.2, 0.25) is 0 Å². The highest BCUT2D eigenvalue weighted by molar-refractivity contribution is 8.20. The molecule has 0 amide bonds. The third-order valence-corrected chi connectivity index (χ3v) is 9.85. The van der Waals surface area contributed by atoms with Gasteiger partial charge in [0, 0.05) is 12.4 Å². The third-order valence-electron chi connectivity index (χ3n) is 4.48. The lowest BCUT2D eigenvalue weighted by molar-refractivity contribution is 0.685. The van der Waals surface area contributed by atoms with Crippen molar-refractivity contribution in [2.75, 3.05) is 14.1 Å². The van der Waals surface area contributed by atoms with Crippen molar-refractivity contribution in [1.82, 2.24) is 23.4 Å². The van der Waals surface area contributed by atoms with E-state index >= 15 is 0 Å². The number of aromatic nitrogens is 4. The summed E-state index contributed by atoms with van der Waals surface area (Å²) in [6.07, 6.45) is 1.80. The van der Waals surface area contributed by atoms with Gasteiger partial charge in [-0.3, -0.25) is 13.5 Å². The molecule has 4 rings (SSSR count). The first kappa shape index (κ1) is 16.5. The van der Waals surface area contributed by atoms with Crippen LogP contribution in [0.4, 0.5) is 0 Å². The van der Waals surface area contributed by atoms with E-state index in [-0.39, 0.29) is 0 Å². The molecule has 0 aromatic carbocycles. The van der Waals surface area contributed by atoms with Gasteiger partial charge in [0.25, 0.3) is 0 Å². The Morgan fingerprint density at radius 1 is 0.840 bits per heavy atom. The Morgan fingerprint density at radius 2 is 1.28 bits per heavy atom. The molecule has 0 saturated carbocycles. The SMILES string of the molecule is Cc1nc2ccccn2c1P(=S)(c1c(C)nc2ccccn12)N(C)C. The molecular formula is C18H20N5PS. The highest BCUT2D eigenvalue weighted by Gasteiger charge is 2.35. The second-order valence-corrected chi connectivity index (χ2v) is 10.7. The molecule has 0 radical (unpaired) electrons. The highest BCUT2D eigenvalue weighted by Crippen LogP contribution is 2.47. The second-order valence-electron chi connectivity index (χ2n) is 6.32. The normalized spacial score (nSPS) is 12.5. The molecule has 0 bridgehead atoms. The number of hydrogen-bond acceptors (Lipinski definition) is 3. The zero-order valence-electron chi connectivity index (χ0n) is 14.7. The molecule has 0 atom stereocenters. The van der Waals surface area contributed by atoms with Crippen LogP contribution in [0.25, 0.3) is 11.3 Å². The van der Waals surface area contributed by atoms with Crippen molar-refractivity contribution < 1.29 is 0 Å². The number of hydrogen-bond donors (Lipinski definition) is 0. The zero-order valence-corrected chi connectivity index (χ0v) is 16.4. The van der Waals surface area contributed by atoms with Crippen LogP contribution in [-0.2, 0) is 11.8 Å². The van der Waals surface area contributed by atoms with Crippen LogP contribution in [0, 0.1) is 13.8 Å². The largest absolute Gasteiger partial charge is 0.297 e. The highest BCUT2D eigenvalue weighted by atomic mass is 32.4. The Balaban J connectivity index is 2.14. The van der Waals surface area contributed by atoms with Crippen molar-refractivity contribution in [1.29, 1.82) is 0 Å². The van der Waals surface area contributed by atoms with Crippen LogP contribution in [0.3, 0.4) is 0 Å². The Hall–Kier alpha value is -2.01. The summed E-state index contributed by atoms with van der Waals surface area (Å²) in [6, 6.07) is 12.1. The van der Waals surface area contributed by atoms with Gasteiger partial charge in [-0.25, -0.2) is 9.97 Å². The van der Waals surface area contributed by atoms with E-state index in [4.69, 9.17) is 21.8 Å². The molecule has 0 aliphatic rings. The number of pyridine rings is 2. The third kappa shape index (κ3) is 2.29. The molecule has 7 heteroatoms. The summed E-state index contributed by atoms with van der Waals surface area (Å²) in [5.41, 5.74) is 6.01. The molecule has 5 nitrogen and oxygen atoms in total. The molecule has 0 unspecified atom stereocenters. The van der Waals surface area contributed by atoms with E-state index in [1.165, 1.54) is 0 Å². The van der Waals surface area contributed by atoms with E-state index in [0.717, 1.165) is 33.6 Å². The van der Waals surface area contributed by atoms with Crippen LogP contribution in [0.1, 0.15) is 11.4 Å². The van der Waals surface area contributed by atoms with Gasteiger partial charge in [-0.1, -0.05) is 23.9 Å². The van der Waals surface area contributed by atoms with Gasteiger partial charge < -0.3 is 0 Å². The average Bonchev–Trinajstić information content (AvgIpc) is 3.09. The standard InChI is InChI=1S/C18H20N5PS/c1-13-17(22-11-7-5-9-15(22)19-13)24(25,21(3)4)18-14(2)20-16-10-6-8-12-23(16)18/h5-12H,1-4H3. The molecule has 0 spiro atoms. The van der Waals surface area contributed by atoms with Crippen LogP contribution >= 0.6 is 6.19 Å².